The zero-order chi connectivity index (χ0) is 15.8. The van der Waals surface area contributed by atoms with Gasteiger partial charge in [0.15, 0.2) is 5.69 Å². The van der Waals surface area contributed by atoms with Gasteiger partial charge in [-0.1, -0.05) is 25.4 Å². The molecule has 118 valence electrons. The molecule has 1 aliphatic heterocycles. The second kappa shape index (κ2) is 5.97. The van der Waals surface area contributed by atoms with Crippen LogP contribution in [0, 0.1) is 12.3 Å². The number of halogens is 1. The molecule has 1 N–H and O–H groups in total. The van der Waals surface area contributed by atoms with Gasteiger partial charge in [-0.25, -0.2) is 0 Å². The number of likely N-dealkylation sites (tertiary alicyclic amines) is 1. The zero-order valence-electron chi connectivity index (χ0n) is 13.5. The summed E-state index contributed by atoms with van der Waals surface area (Å²) in [5.74, 6) is -0.196. The minimum absolute atomic E-state index is 0.196. The zero-order valence-corrected chi connectivity index (χ0v) is 14.3. The molecule has 1 unspecified atom stereocenters. The predicted octanol–water partition coefficient (Wildman–Crippen LogP) is 2.23. The fourth-order valence-electron chi connectivity index (χ4n) is 3.14. The van der Waals surface area contributed by atoms with Crippen LogP contribution in [0.15, 0.2) is 0 Å². The van der Waals surface area contributed by atoms with Crippen molar-refractivity contribution in [1.29, 1.82) is 0 Å². The summed E-state index contributed by atoms with van der Waals surface area (Å²) in [6, 6.07) is 0.332. The van der Waals surface area contributed by atoms with Crippen molar-refractivity contribution in [3.05, 3.63) is 16.4 Å². The summed E-state index contributed by atoms with van der Waals surface area (Å²) in [5.41, 5.74) is 1.31. The first-order valence-electron chi connectivity index (χ1n) is 7.41. The van der Waals surface area contributed by atoms with Gasteiger partial charge in [-0.2, -0.15) is 5.10 Å². The number of aryl methyl sites for hydroxylation is 1. The van der Waals surface area contributed by atoms with Gasteiger partial charge in [0, 0.05) is 19.6 Å². The van der Waals surface area contributed by atoms with E-state index in [1.54, 1.807) is 11.7 Å². The van der Waals surface area contributed by atoms with Crippen LogP contribution in [0.2, 0.25) is 5.02 Å². The smallest absolute Gasteiger partial charge is 0.273 e. The van der Waals surface area contributed by atoms with Crippen LogP contribution >= 0.6 is 11.6 Å². The van der Waals surface area contributed by atoms with Gasteiger partial charge in [0.25, 0.3) is 5.91 Å². The van der Waals surface area contributed by atoms with E-state index in [4.69, 9.17) is 11.6 Å². The average Bonchev–Trinajstić information content (AvgIpc) is 2.65. The summed E-state index contributed by atoms with van der Waals surface area (Å²) in [4.78, 5) is 14.6. The van der Waals surface area contributed by atoms with Crippen LogP contribution < -0.4 is 5.32 Å². The van der Waals surface area contributed by atoms with Gasteiger partial charge in [-0.15, -0.1) is 0 Å². The third-order valence-electron chi connectivity index (χ3n) is 4.70. The molecule has 1 atom stereocenters. The molecule has 1 aliphatic rings. The number of hydrogen-bond donors (Lipinski definition) is 1. The minimum atomic E-state index is -0.196. The molecule has 0 bridgehead atoms. The number of nitrogens with zero attached hydrogens (tertiary/aromatic N) is 3. The normalized spacial score (nSPS) is 22.3. The molecule has 5 nitrogen and oxygen atoms in total. The van der Waals surface area contributed by atoms with Crippen molar-refractivity contribution >= 4 is 17.5 Å². The van der Waals surface area contributed by atoms with Crippen molar-refractivity contribution in [3.63, 3.8) is 0 Å². The van der Waals surface area contributed by atoms with E-state index in [0.29, 0.717) is 23.3 Å². The van der Waals surface area contributed by atoms with Crippen molar-refractivity contribution in [3.8, 4) is 0 Å². The van der Waals surface area contributed by atoms with Gasteiger partial charge in [0.1, 0.15) is 0 Å². The molecule has 1 fully saturated rings. The lowest BCUT2D eigenvalue weighted by molar-refractivity contribution is 0.0555. The molecule has 0 spiro atoms. The van der Waals surface area contributed by atoms with Crippen molar-refractivity contribution < 1.29 is 4.79 Å². The Morgan fingerprint density at radius 2 is 2.14 bits per heavy atom. The monoisotopic (exact) mass is 312 g/mol. The lowest BCUT2D eigenvalue weighted by atomic mass is 9.76. The van der Waals surface area contributed by atoms with Crippen LogP contribution in [0.4, 0.5) is 0 Å². The Labute approximate surface area is 131 Å². The standard InChI is InChI=1S/C15H25ClN4O/c1-10-12(16)13(18-20(10)5)14(21)17-9-11-15(2,3)7-6-8-19(11)4/h11H,6-9H2,1-5H3,(H,17,21). The van der Waals surface area contributed by atoms with Crippen molar-refractivity contribution in [2.24, 2.45) is 12.5 Å². The Morgan fingerprint density at radius 1 is 1.48 bits per heavy atom. The first kappa shape index (κ1) is 16.3. The van der Waals surface area contributed by atoms with E-state index in [1.807, 2.05) is 6.92 Å². The molecule has 2 rings (SSSR count). The van der Waals surface area contributed by atoms with E-state index >= 15 is 0 Å². The molecule has 0 radical (unpaired) electrons. The molecule has 0 saturated carbocycles. The fraction of sp³-hybridized carbons (Fsp3) is 0.733. The second-order valence-electron chi connectivity index (χ2n) is 6.67. The van der Waals surface area contributed by atoms with Crippen molar-refractivity contribution in [2.45, 2.75) is 39.7 Å². The Balaban J connectivity index is 2.05. The van der Waals surface area contributed by atoms with E-state index < -0.39 is 0 Å². The topological polar surface area (TPSA) is 50.2 Å². The van der Waals surface area contributed by atoms with Crippen molar-refractivity contribution in [1.82, 2.24) is 20.0 Å². The maximum Gasteiger partial charge on any atom is 0.273 e. The van der Waals surface area contributed by atoms with Gasteiger partial charge in [-0.05, 0) is 38.8 Å². The van der Waals surface area contributed by atoms with Crippen LogP contribution in [0.1, 0.15) is 42.9 Å². The summed E-state index contributed by atoms with van der Waals surface area (Å²) in [7, 11) is 3.91. The van der Waals surface area contributed by atoms with Gasteiger partial charge < -0.3 is 10.2 Å². The molecule has 0 aromatic carbocycles. The largest absolute Gasteiger partial charge is 0.349 e. The van der Waals surface area contributed by atoms with E-state index in [9.17, 15) is 4.79 Å². The van der Waals surface area contributed by atoms with Crippen LogP contribution in [0.25, 0.3) is 0 Å². The van der Waals surface area contributed by atoms with E-state index in [-0.39, 0.29) is 11.3 Å². The average molecular weight is 313 g/mol. The van der Waals surface area contributed by atoms with Crippen LogP contribution in [-0.2, 0) is 7.05 Å². The van der Waals surface area contributed by atoms with Gasteiger partial charge in [0.05, 0.1) is 10.7 Å². The molecule has 21 heavy (non-hydrogen) atoms. The quantitative estimate of drug-likeness (QED) is 0.931. The SMILES string of the molecule is Cc1c(Cl)c(C(=O)NCC2N(C)CCCC2(C)C)nn1C. The van der Waals surface area contributed by atoms with Crippen LogP contribution in [-0.4, -0.2) is 46.8 Å². The highest BCUT2D eigenvalue weighted by molar-refractivity contribution is 6.34. The van der Waals surface area contributed by atoms with Crippen LogP contribution in [0.3, 0.4) is 0 Å². The first-order valence-corrected chi connectivity index (χ1v) is 7.79. The maximum absolute atomic E-state index is 12.3. The van der Waals surface area contributed by atoms with Gasteiger partial charge in [-0.3, -0.25) is 9.48 Å². The second-order valence-corrected chi connectivity index (χ2v) is 7.05. The van der Waals surface area contributed by atoms with E-state index in [0.717, 1.165) is 12.2 Å². The predicted molar refractivity (Wildman–Crippen MR) is 84.7 cm³/mol. The highest BCUT2D eigenvalue weighted by atomic mass is 35.5. The number of likely N-dealkylation sites (N-methyl/N-ethyl adjacent to an activating group) is 1. The Kier molecular flexibility index (Phi) is 4.63. The van der Waals surface area contributed by atoms with Crippen LogP contribution in [0.5, 0.6) is 0 Å². The van der Waals surface area contributed by atoms with Crippen molar-refractivity contribution in [2.75, 3.05) is 20.1 Å². The molecule has 1 aromatic heterocycles. The Hall–Kier alpha value is -1.07. The molecule has 1 amide bonds. The molecule has 1 saturated heterocycles. The lowest BCUT2D eigenvalue weighted by Crippen LogP contribution is -2.53. The Morgan fingerprint density at radius 3 is 2.67 bits per heavy atom. The number of amides is 1. The number of carbonyl (C=O) groups is 1. The number of hydrogen-bond acceptors (Lipinski definition) is 3. The molecule has 1 aromatic rings. The summed E-state index contributed by atoms with van der Waals surface area (Å²) < 4.78 is 1.63. The number of carbonyl (C=O) groups excluding carboxylic acids is 1. The highest BCUT2D eigenvalue weighted by Crippen LogP contribution is 2.33. The third-order valence-corrected chi connectivity index (χ3v) is 5.15. The molecule has 2 heterocycles. The lowest BCUT2D eigenvalue weighted by Gasteiger charge is -2.45. The number of rotatable bonds is 3. The van der Waals surface area contributed by atoms with E-state index in [2.05, 4.69) is 36.2 Å². The molecular formula is C15H25ClN4O. The summed E-state index contributed by atoms with van der Waals surface area (Å²) in [6.45, 7) is 8.07. The fourth-order valence-corrected chi connectivity index (χ4v) is 3.38. The summed E-state index contributed by atoms with van der Waals surface area (Å²) in [5, 5.41) is 7.62. The highest BCUT2D eigenvalue weighted by Gasteiger charge is 2.36. The molecule has 6 heteroatoms. The summed E-state index contributed by atoms with van der Waals surface area (Å²) in [6.07, 6.45) is 2.39. The minimum Gasteiger partial charge on any atom is -0.349 e. The number of nitrogens with one attached hydrogen (secondary N) is 1. The molecule has 0 aliphatic carbocycles. The maximum atomic E-state index is 12.3. The van der Waals surface area contributed by atoms with Gasteiger partial charge >= 0.3 is 0 Å². The number of aromatic nitrogens is 2. The van der Waals surface area contributed by atoms with E-state index in [1.165, 1.54) is 12.8 Å². The summed E-state index contributed by atoms with van der Waals surface area (Å²) >= 11 is 6.16. The van der Waals surface area contributed by atoms with Gasteiger partial charge in [0.2, 0.25) is 0 Å². The number of piperidine rings is 1. The Bertz CT molecular complexity index is 538. The third kappa shape index (κ3) is 3.24. The molecular weight excluding hydrogens is 288 g/mol. The first-order chi connectivity index (χ1) is 9.74.